The fraction of sp³-hybridized carbons (Fsp3) is 0.0714. The normalized spacial score (nSPS) is 10.9. The largest absolute Gasteiger partial charge is 0.488 e. The number of benzene rings is 2. The average molecular weight is 287 g/mol. The molecule has 1 heterocycles. The number of hydrogen-bond donors (Lipinski definition) is 2. The molecule has 0 aliphatic rings. The Morgan fingerprint density at radius 2 is 1.85 bits per heavy atom. The second kappa shape index (κ2) is 5.29. The number of halogens is 1. The molecular weight excluding hydrogens is 274 g/mol. The quantitative estimate of drug-likeness (QED) is 0.716. The maximum atomic E-state index is 9.07. The summed E-state index contributed by atoms with van der Waals surface area (Å²) in [5, 5.41) is 18.8. The van der Waals surface area contributed by atoms with Crippen LogP contribution in [0.2, 0.25) is 5.02 Å². The molecule has 0 amide bonds. The van der Waals surface area contributed by atoms with Crippen molar-refractivity contribution >= 4 is 35.2 Å². The van der Waals surface area contributed by atoms with Gasteiger partial charge in [-0.15, -0.1) is 0 Å². The first-order chi connectivity index (χ1) is 9.65. The third-order valence-corrected chi connectivity index (χ3v) is 3.54. The Morgan fingerprint density at radius 3 is 2.55 bits per heavy atom. The predicted octanol–water partition coefficient (Wildman–Crippen LogP) is 1.42. The zero-order valence-corrected chi connectivity index (χ0v) is 11.3. The molecule has 2 aromatic carbocycles. The fourth-order valence-electron chi connectivity index (χ4n) is 2.17. The van der Waals surface area contributed by atoms with E-state index in [1.165, 1.54) is 0 Å². The molecule has 0 saturated heterocycles. The van der Waals surface area contributed by atoms with E-state index in [1.807, 2.05) is 34.9 Å². The Balaban J connectivity index is 1.91. The number of imidazole rings is 1. The molecule has 0 radical (unpaired) electrons. The lowest BCUT2D eigenvalue weighted by atomic mass is 9.80. The topological polar surface area (TPSA) is 58.3 Å². The first-order valence-electron chi connectivity index (χ1n) is 6.19. The number of hydrogen-bond acceptors (Lipinski definition) is 3. The lowest BCUT2D eigenvalue weighted by molar-refractivity contribution is 0.426. The van der Waals surface area contributed by atoms with Crippen molar-refractivity contribution in [2.75, 3.05) is 0 Å². The molecule has 0 fully saturated rings. The van der Waals surface area contributed by atoms with Gasteiger partial charge in [0.1, 0.15) is 5.52 Å². The van der Waals surface area contributed by atoms with Crippen molar-refractivity contribution in [2.24, 2.45) is 0 Å². The van der Waals surface area contributed by atoms with Crippen LogP contribution in [0.5, 0.6) is 0 Å². The predicted molar refractivity (Wildman–Crippen MR) is 80.1 cm³/mol. The summed E-state index contributed by atoms with van der Waals surface area (Å²) in [6.07, 6.45) is 1.76. The second-order valence-electron chi connectivity index (χ2n) is 4.60. The highest BCUT2D eigenvalue weighted by atomic mass is 35.5. The van der Waals surface area contributed by atoms with Crippen LogP contribution in [0.3, 0.4) is 0 Å². The van der Waals surface area contributed by atoms with Gasteiger partial charge in [-0.1, -0.05) is 41.9 Å². The molecule has 0 bridgehead atoms. The molecule has 1 aromatic heterocycles. The highest BCUT2D eigenvalue weighted by Gasteiger charge is 2.10. The van der Waals surface area contributed by atoms with Crippen molar-refractivity contribution in [3.63, 3.8) is 0 Å². The van der Waals surface area contributed by atoms with Gasteiger partial charge in [0.2, 0.25) is 0 Å². The van der Waals surface area contributed by atoms with Gasteiger partial charge in [-0.05, 0) is 23.2 Å². The van der Waals surface area contributed by atoms with Gasteiger partial charge in [0, 0.05) is 6.54 Å². The molecule has 0 aliphatic heterocycles. The van der Waals surface area contributed by atoms with Crippen molar-refractivity contribution in [2.45, 2.75) is 6.54 Å². The Morgan fingerprint density at radius 1 is 1.10 bits per heavy atom. The van der Waals surface area contributed by atoms with E-state index in [0.717, 1.165) is 16.6 Å². The fourth-order valence-corrected chi connectivity index (χ4v) is 2.39. The van der Waals surface area contributed by atoms with Crippen LogP contribution in [0.4, 0.5) is 0 Å². The lowest BCUT2D eigenvalue weighted by Gasteiger charge is -2.06. The highest BCUT2D eigenvalue weighted by molar-refractivity contribution is 6.58. The van der Waals surface area contributed by atoms with Crippen molar-refractivity contribution in [3.05, 3.63) is 59.4 Å². The van der Waals surface area contributed by atoms with Crippen LogP contribution >= 0.6 is 11.6 Å². The number of rotatable bonds is 3. The first kappa shape index (κ1) is 13.2. The van der Waals surface area contributed by atoms with Crippen LogP contribution < -0.4 is 5.46 Å². The third-order valence-electron chi connectivity index (χ3n) is 3.23. The molecule has 100 valence electrons. The summed E-state index contributed by atoms with van der Waals surface area (Å²) in [5.74, 6) is 0. The Labute approximate surface area is 121 Å². The lowest BCUT2D eigenvalue weighted by Crippen LogP contribution is -2.29. The molecule has 3 aromatic rings. The van der Waals surface area contributed by atoms with E-state index in [9.17, 15) is 0 Å². The standard InChI is InChI=1S/C14H12BClN2O2/c16-12-2-1-3-13-14(12)17-9-18(13)8-10-4-6-11(7-5-10)15(19)20/h1-7,9,19-20H,8H2. The number of para-hydroxylation sites is 1. The Bertz CT molecular complexity index is 741. The zero-order valence-electron chi connectivity index (χ0n) is 10.6. The molecule has 0 saturated carbocycles. The summed E-state index contributed by atoms with van der Waals surface area (Å²) in [6.45, 7) is 0.651. The van der Waals surface area contributed by atoms with Gasteiger partial charge < -0.3 is 14.6 Å². The van der Waals surface area contributed by atoms with Gasteiger partial charge in [-0.25, -0.2) is 4.98 Å². The molecule has 2 N–H and O–H groups in total. The van der Waals surface area contributed by atoms with Gasteiger partial charge in [-0.2, -0.15) is 0 Å². The smallest absolute Gasteiger partial charge is 0.423 e. The molecule has 0 spiro atoms. The number of aromatic nitrogens is 2. The summed E-state index contributed by atoms with van der Waals surface area (Å²) in [4.78, 5) is 4.31. The van der Waals surface area contributed by atoms with Crippen LogP contribution in [-0.4, -0.2) is 26.7 Å². The van der Waals surface area contributed by atoms with Crippen molar-refractivity contribution in [3.8, 4) is 0 Å². The van der Waals surface area contributed by atoms with E-state index in [-0.39, 0.29) is 0 Å². The van der Waals surface area contributed by atoms with E-state index < -0.39 is 7.12 Å². The van der Waals surface area contributed by atoms with Crippen LogP contribution in [0.15, 0.2) is 48.8 Å². The molecule has 6 heteroatoms. The maximum Gasteiger partial charge on any atom is 0.488 e. The minimum atomic E-state index is -1.43. The Hall–Kier alpha value is -1.82. The molecule has 0 aliphatic carbocycles. The highest BCUT2D eigenvalue weighted by Crippen LogP contribution is 2.22. The van der Waals surface area contributed by atoms with Crippen LogP contribution in [0, 0.1) is 0 Å². The van der Waals surface area contributed by atoms with Gasteiger partial charge in [0.15, 0.2) is 0 Å². The van der Waals surface area contributed by atoms with E-state index in [0.29, 0.717) is 17.0 Å². The summed E-state index contributed by atoms with van der Waals surface area (Å²) < 4.78 is 2.01. The number of nitrogens with zero attached hydrogens (tertiary/aromatic N) is 2. The van der Waals surface area contributed by atoms with Crippen molar-refractivity contribution < 1.29 is 10.0 Å². The van der Waals surface area contributed by atoms with Gasteiger partial charge in [0.05, 0.1) is 16.9 Å². The van der Waals surface area contributed by atoms with E-state index in [2.05, 4.69) is 4.98 Å². The van der Waals surface area contributed by atoms with E-state index in [4.69, 9.17) is 21.6 Å². The SMILES string of the molecule is OB(O)c1ccc(Cn2cnc3c(Cl)cccc32)cc1. The monoisotopic (exact) mass is 286 g/mol. The van der Waals surface area contributed by atoms with E-state index >= 15 is 0 Å². The third kappa shape index (κ3) is 2.43. The van der Waals surface area contributed by atoms with Crippen LogP contribution in [0.1, 0.15) is 5.56 Å². The summed E-state index contributed by atoms with van der Waals surface area (Å²) in [5.41, 5.74) is 3.29. The van der Waals surface area contributed by atoms with Crippen molar-refractivity contribution in [1.82, 2.24) is 9.55 Å². The van der Waals surface area contributed by atoms with Crippen LogP contribution in [0.25, 0.3) is 11.0 Å². The molecule has 0 atom stereocenters. The summed E-state index contributed by atoms with van der Waals surface area (Å²) in [7, 11) is -1.43. The summed E-state index contributed by atoms with van der Waals surface area (Å²) >= 11 is 6.10. The summed E-state index contributed by atoms with van der Waals surface area (Å²) in [6, 6.07) is 12.8. The minimum absolute atomic E-state index is 0.479. The van der Waals surface area contributed by atoms with Gasteiger partial charge in [0.25, 0.3) is 0 Å². The van der Waals surface area contributed by atoms with Gasteiger partial charge >= 0.3 is 7.12 Å². The zero-order chi connectivity index (χ0) is 14.1. The maximum absolute atomic E-state index is 9.07. The second-order valence-corrected chi connectivity index (χ2v) is 5.00. The van der Waals surface area contributed by atoms with Crippen LogP contribution in [-0.2, 0) is 6.54 Å². The van der Waals surface area contributed by atoms with Gasteiger partial charge in [-0.3, -0.25) is 0 Å². The molecule has 4 nitrogen and oxygen atoms in total. The minimum Gasteiger partial charge on any atom is -0.423 e. The average Bonchev–Trinajstić information content (AvgIpc) is 2.84. The Kier molecular flexibility index (Phi) is 3.48. The van der Waals surface area contributed by atoms with Crippen molar-refractivity contribution in [1.29, 1.82) is 0 Å². The number of fused-ring (bicyclic) bond motifs is 1. The van der Waals surface area contributed by atoms with E-state index in [1.54, 1.807) is 18.5 Å². The molecule has 0 unspecified atom stereocenters. The molecular formula is C14H12BClN2O2. The molecule has 3 rings (SSSR count). The first-order valence-corrected chi connectivity index (χ1v) is 6.57. The molecule has 20 heavy (non-hydrogen) atoms.